The van der Waals surface area contributed by atoms with Crippen LogP contribution in [0.15, 0.2) is 23.8 Å². The molecular formula is C21H24F2N10O11P2. The van der Waals surface area contributed by atoms with E-state index in [2.05, 4.69) is 29.9 Å². The summed E-state index contributed by atoms with van der Waals surface area (Å²) in [6, 6.07) is 0. The molecule has 0 amide bonds. The van der Waals surface area contributed by atoms with Gasteiger partial charge in [0.1, 0.15) is 30.2 Å². The summed E-state index contributed by atoms with van der Waals surface area (Å²) in [6.07, 6.45) is -11.4. The number of nitrogens with zero attached hydrogens (tertiary/aromatic N) is 7. The third kappa shape index (κ3) is 5.47. The number of H-pyrrole nitrogens is 1. The second-order valence-corrected chi connectivity index (χ2v) is 13.2. The number of nitrogens with two attached hydrogens (primary N) is 2. The van der Waals surface area contributed by atoms with Crippen LogP contribution in [0.5, 0.6) is 0 Å². The summed E-state index contributed by atoms with van der Waals surface area (Å²) in [5, 5.41) is 0. The molecule has 7 N–H and O–H groups in total. The third-order valence-electron chi connectivity index (χ3n) is 7.49. The average molecular weight is 692 g/mol. The van der Waals surface area contributed by atoms with Crippen molar-refractivity contribution in [1.82, 2.24) is 39.0 Å². The van der Waals surface area contributed by atoms with Crippen LogP contribution < -0.4 is 17.0 Å². The molecule has 2 unspecified atom stereocenters. The van der Waals surface area contributed by atoms with Gasteiger partial charge in [-0.3, -0.25) is 37.0 Å². The maximum Gasteiger partial charge on any atom is 0.472 e. The van der Waals surface area contributed by atoms with E-state index in [4.69, 9.17) is 39.0 Å². The van der Waals surface area contributed by atoms with Crippen molar-refractivity contribution in [3.8, 4) is 0 Å². The summed E-state index contributed by atoms with van der Waals surface area (Å²) in [5.74, 6) is -0.306. The Labute approximate surface area is 254 Å². The zero-order valence-electron chi connectivity index (χ0n) is 23.0. The summed E-state index contributed by atoms with van der Waals surface area (Å²) in [5.41, 5.74) is 10.5. The van der Waals surface area contributed by atoms with Gasteiger partial charge in [-0.15, -0.1) is 0 Å². The monoisotopic (exact) mass is 692 g/mol. The maximum absolute atomic E-state index is 15.9. The van der Waals surface area contributed by atoms with E-state index in [0.717, 1.165) is 17.2 Å². The Hall–Kier alpha value is -3.50. The standard InChI is InChI=1S/C21H24F2N10O11P2/c22-9-13-7(41-19(9)32-5-28-11-15(24)26-4-27-16(11)32)1-2-39-45(35,36)44-14-8(3-40-46(37,38)43-13)42-20(10(14)23)33-6-29-12-17(33)30-21(25)31-18(12)34/h4-10,13-14,19-20H,1-3H2,(H,35,36)(H,37,38)(H2,24,26,27)(H3,25,30,31,34)/t7-,8-,9-,10-,13-,14-,19-,20-/m1/s1. The van der Waals surface area contributed by atoms with E-state index >= 15 is 8.78 Å². The van der Waals surface area contributed by atoms with E-state index in [9.17, 15) is 23.7 Å². The summed E-state index contributed by atoms with van der Waals surface area (Å²) >= 11 is 0. The third-order valence-corrected chi connectivity index (χ3v) is 9.49. The van der Waals surface area contributed by atoms with Gasteiger partial charge in [0.25, 0.3) is 5.56 Å². The van der Waals surface area contributed by atoms with Gasteiger partial charge in [0.05, 0.1) is 32.0 Å². The lowest BCUT2D eigenvalue weighted by Crippen LogP contribution is -2.34. The molecular weight excluding hydrogens is 668 g/mol. The van der Waals surface area contributed by atoms with Gasteiger partial charge in [0.15, 0.2) is 47.4 Å². The zero-order valence-corrected chi connectivity index (χ0v) is 24.8. The Balaban J connectivity index is 1.16. The molecule has 4 aromatic heterocycles. The first-order valence-corrected chi connectivity index (χ1v) is 16.4. The molecule has 4 aromatic rings. The molecule has 248 valence electrons. The van der Waals surface area contributed by atoms with Crippen molar-refractivity contribution in [2.45, 2.75) is 55.6 Å². The molecule has 3 saturated heterocycles. The number of imidazole rings is 2. The van der Waals surface area contributed by atoms with Gasteiger partial charge in [0.2, 0.25) is 5.95 Å². The molecule has 3 fully saturated rings. The number of rotatable bonds is 2. The Morgan fingerprint density at radius 2 is 1.48 bits per heavy atom. The Kier molecular flexibility index (Phi) is 7.67. The zero-order chi connectivity index (χ0) is 32.5. The smallest absolute Gasteiger partial charge is 0.382 e. The van der Waals surface area contributed by atoms with Crippen LogP contribution in [0.2, 0.25) is 0 Å². The van der Waals surface area contributed by atoms with Crippen LogP contribution in [0.1, 0.15) is 18.9 Å². The average Bonchev–Trinajstić information content (AvgIpc) is 3.74. The molecule has 7 rings (SSSR count). The Bertz CT molecular complexity index is 1960. The molecule has 3 aliphatic heterocycles. The topological polar surface area (TPSA) is 289 Å². The van der Waals surface area contributed by atoms with Gasteiger partial charge in [-0.25, -0.2) is 37.8 Å². The van der Waals surface area contributed by atoms with E-state index < -0.39 is 83.6 Å². The minimum Gasteiger partial charge on any atom is -0.382 e. The fourth-order valence-electron chi connectivity index (χ4n) is 5.46. The van der Waals surface area contributed by atoms with Crippen molar-refractivity contribution in [3.05, 3.63) is 29.3 Å². The largest absolute Gasteiger partial charge is 0.472 e. The summed E-state index contributed by atoms with van der Waals surface area (Å²) in [6.45, 7) is -1.59. The molecule has 7 heterocycles. The lowest BCUT2D eigenvalue weighted by Gasteiger charge is -2.23. The van der Waals surface area contributed by atoms with Crippen molar-refractivity contribution in [2.24, 2.45) is 0 Å². The van der Waals surface area contributed by atoms with Crippen molar-refractivity contribution < 1.29 is 55.3 Å². The lowest BCUT2D eigenvalue weighted by molar-refractivity contribution is -0.0493. The van der Waals surface area contributed by atoms with Gasteiger partial charge in [0, 0.05) is 6.42 Å². The minimum atomic E-state index is -5.17. The van der Waals surface area contributed by atoms with E-state index in [0.29, 0.717) is 0 Å². The van der Waals surface area contributed by atoms with Crippen LogP contribution in [0.3, 0.4) is 0 Å². The number of fused-ring (bicyclic) bond motifs is 4. The van der Waals surface area contributed by atoms with Crippen LogP contribution in [0, 0.1) is 0 Å². The number of halogens is 2. The second-order valence-electron chi connectivity index (χ2n) is 10.4. The molecule has 25 heteroatoms. The first kappa shape index (κ1) is 31.1. The minimum absolute atomic E-state index is 0.0109. The van der Waals surface area contributed by atoms with Crippen molar-refractivity contribution >= 4 is 49.7 Å². The molecule has 0 radical (unpaired) electrons. The highest BCUT2D eigenvalue weighted by molar-refractivity contribution is 7.47. The van der Waals surface area contributed by atoms with Gasteiger partial charge in [-0.2, -0.15) is 4.98 Å². The lowest BCUT2D eigenvalue weighted by atomic mass is 10.1. The molecule has 3 aliphatic rings. The molecule has 0 bridgehead atoms. The highest BCUT2D eigenvalue weighted by atomic mass is 31.2. The van der Waals surface area contributed by atoms with Gasteiger partial charge >= 0.3 is 15.6 Å². The number of phosphoric acid groups is 2. The van der Waals surface area contributed by atoms with Crippen LogP contribution in [-0.4, -0.2) is 98.8 Å². The first-order chi connectivity index (χ1) is 21.8. The highest BCUT2D eigenvalue weighted by Gasteiger charge is 2.54. The number of phosphoric ester groups is 2. The van der Waals surface area contributed by atoms with E-state index in [1.165, 1.54) is 10.9 Å². The number of nitrogens with one attached hydrogen (secondary N) is 1. The predicted octanol–water partition coefficient (Wildman–Crippen LogP) is 0.00300. The van der Waals surface area contributed by atoms with Crippen LogP contribution in [-0.2, 0) is 36.7 Å². The molecule has 46 heavy (non-hydrogen) atoms. The summed E-state index contributed by atoms with van der Waals surface area (Å²) in [7, 11) is -10.2. The molecule has 0 aromatic carbocycles. The van der Waals surface area contributed by atoms with Crippen LogP contribution in [0.4, 0.5) is 20.5 Å². The van der Waals surface area contributed by atoms with Gasteiger partial charge < -0.3 is 30.7 Å². The van der Waals surface area contributed by atoms with E-state index in [1.807, 2.05) is 0 Å². The number of aromatic amines is 1. The van der Waals surface area contributed by atoms with Gasteiger partial charge in [-0.05, 0) is 0 Å². The number of alkyl halides is 2. The number of nitrogen functional groups attached to an aromatic ring is 2. The van der Waals surface area contributed by atoms with Crippen molar-refractivity contribution in [3.63, 3.8) is 0 Å². The molecule has 0 aliphatic carbocycles. The number of hydrogen-bond acceptors (Lipinski definition) is 16. The van der Waals surface area contributed by atoms with E-state index in [1.54, 1.807) is 0 Å². The molecule has 0 spiro atoms. The number of hydrogen-bond donors (Lipinski definition) is 5. The van der Waals surface area contributed by atoms with Crippen LogP contribution in [0.25, 0.3) is 22.3 Å². The summed E-state index contributed by atoms with van der Waals surface area (Å²) < 4.78 is 91.8. The van der Waals surface area contributed by atoms with Crippen molar-refractivity contribution in [2.75, 3.05) is 24.7 Å². The Morgan fingerprint density at radius 3 is 2.20 bits per heavy atom. The number of anilines is 2. The van der Waals surface area contributed by atoms with E-state index in [-0.39, 0.29) is 40.5 Å². The number of aromatic nitrogens is 8. The predicted molar refractivity (Wildman–Crippen MR) is 146 cm³/mol. The SMILES string of the molecule is Nc1nc2c(ncn2[C@@H]2O[C@@H]3COP(=O)(O)O[C@H]4[C@@H](F)[C@H](n5cnc6c(N)ncnc65)O[C@@H]4CCOP(=O)(O)O[C@H]3[C@H]2F)c(=O)[nH]1. The molecule has 0 saturated carbocycles. The van der Waals surface area contributed by atoms with Crippen LogP contribution >= 0.6 is 15.6 Å². The van der Waals surface area contributed by atoms with Crippen molar-refractivity contribution in [1.29, 1.82) is 0 Å². The summed E-state index contributed by atoms with van der Waals surface area (Å²) in [4.78, 5) is 55.2. The fourth-order valence-corrected chi connectivity index (χ4v) is 7.37. The quantitative estimate of drug-likeness (QED) is 0.173. The normalized spacial score (nSPS) is 37.4. The first-order valence-electron chi connectivity index (χ1n) is 13.4. The maximum atomic E-state index is 15.9. The number of ether oxygens (including phenoxy) is 2. The fraction of sp³-hybridized carbons (Fsp3) is 0.524. The molecule has 10 atom stereocenters. The van der Waals surface area contributed by atoms with Gasteiger partial charge in [-0.1, -0.05) is 0 Å². The second kappa shape index (κ2) is 11.3. The molecule has 21 nitrogen and oxygen atoms in total. The Morgan fingerprint density at radius 1 is 0.870 bits per heavy atom. The highest BCUT2D eigenvalue weighted by Crippen LogP contribution is 2.53.